The van der Waals surface area contributed by atoms with Crippen molar-refractivity contribution in [3.8, 4) is 23.0 Å². The van der Waals surface area contributed by atoms with Gasteiger partial charge in [-0.3, -0.25) is 9.59 Å². The van der Waals surface area contributed by atoms with Crippen molar-refractivity contribution in [1.29, 1.82) is 0 Å². The zero-order chi connectivity index (χ0) is 73.4. The molecular weight excluding hydrogens is 1370 g/mol. The number of hydrogen-bond donors (Lipinski definition) is 3. The first-order chi connectivity index (χ1) is 48.2. The highest BCUT2D eigenvalue weighted by molar-refractivity contribution is 7.89. The maximum absolute atomic E-state index is 13.7. The Hall–Kier alpha value is -8.85. The molecule has 0 bridgehead atoms. The molecule has 2 atom stereocenters. The van der Waals surface area contributed by atoms with Gasteiger partial charge in [-0.2, -0.15) is 8.61 Å². The second-order valence-electron chi connectivity index (χ2n) is 24.5. The zero-order valence-corrected chi connectivity index (χ0v) is 61.1. The van der Waals surface area contributed by atoms with Gasteiger partial charge in [0.15, 0.2) is 0 Å². The van der Waals surface area contributed by atoms with E-state index in [0.29, 0.717) is 118 Å². The van der Waals surface area contributed by atoms with Gasteiger partial charge < -0.3 is 63.5 Å². The molecule has 2 heterocycles. The van der Waals surface area contributed by atoms with Crippen molar-refractivity contribution in [2.45, 2.75) is 110 Å². The number of nitrogens with zero attached hydrogens (tertiary/aromatic N) is 8. The molecule has 2 aromatic heterocycles. The van der Waals surface area contributed by atoms with Crippen LogP contribution in [0.3, 0.4) is 0 Å². The van der Waals surface area contributed by atoms with Crippen molar-refractivity contribution < 1.29 is 83.7 Å². The van der Waals surface area contributed by atoms with Gasteiger partial charge in [0.25, 0.3) is 0 Å². The van der Waals surface area contributed by atoms with Crippen LogP contribution in [-0.2, 0) is 85.2 Å². The highest BCUT2D eigenvalue weighted by atomic mass is 32.2. The number of carbonyl (C=O) groups excluding carboxylic acids is 2. The molecular formula is C73H102N10O18S2. The zero-order valence-electron chi connectivity index (χ0n) is 59.4. The quantitative estimate of drug-likeness (QED) is 0.0239. The third kappa shape index (κ3) is 24.4. The fourth-order valence-electron chi connectivity index (χ4n) is 10.8. The summed E-state index contributed by atoms with van der Waals surface area (Å²) in [5, 5.41) is 29.1. The van der Waals surface area contributed by atoms with Gasteiger partial charge >= 0.3 is 18.0 Å². The van der Waals surface area contributed by atoms with E-state index in [1.54, 1.807) is 88.6 Å². The van der Waals surface area contributed by atoms with E-state index in [9.17, 15) is 36.3 Å². The van der Waals surface area contributed by atoms with Gasteiger partial charge in [-0.25, -0.2) is 31.0 Å². The number of sulfonamides is 2. The fourth-order valence-corrected chi connectivity index (χ4v) is 13.1. The number of carbonyl (C=O) groups is 3. The van der Waals surface area contributed by atoms with Gasteiger partial charge in [0.2, 0.25) is 20.0 Å². The van der Waals surface area contributed by atoms with Gasteiger partial charge in [0, 0.05) is 66.2 Å². The van der Waals surface area contributed by atoms with Crippen molar-refractivity contribution >= 4 is 60.1 Å². The predicted molar refractivity (Wildman–Crippen MR) is 391 cm³/mol. The molecule has 103 heavy (non-hydrogen) atoms. The number of nitrogens with one attached hydrogen (secondary N) is 1. The molecule has 0 spiro atoms. The van der Waals surface area contributed by atoms with Gasteiger partial charge in [0.1, 0.15) is 63.9 Å². The molecule has 8 rings (SSSR count). The third-order valence-corrected chi connectivity index (χ3v) is 19.6. The lowest BCUT2D eigenvalue weighted by molar-refractivity contribution is -0.143. The Labute approximate surface area is 605 Å². The number of aliphatic carboxylic acids is 1. The van der Waals surface area contributed by atoms with Gasteiger partial charge in [-0.1, -0.05) is 61.7 Å². The van der Waals surface area contributed by atoms with E-state index in [0.717, 1.165) is 44.5 Å². The van der Waals surface area contributed by atoms with Crippen LogP contribution in [0.25, 0.3) is 22.1 Å². The number of fused-ring (bicyclic) bond motifs is 2. The number of nitrogens with two attached hydrogens (primary N) is 1. The number of methoxy groups -OCH3 is 2. The van der Waals surface area contributed by atoms with Crippen LogP contribution in [0.2, 0.25) is 0 Å². The summed E-state index contributed by atoms with van der Waals surface area (Å²) in [5.41, 5.74) is 13.8. The Kier molecular flexibility index (Phi) is 33.2. The predicted octanol–water partition coefficient (Wildman–Crippen LogP) is 9.48. The number of esters is 1. The Bertz CT molecular complexity index is 4260. The number of rotatable bonds is 38. The minimum Gasteiger partial charge on any atom is -0.494 e. The summed E-state index contributed by atoms with van der Waals surface area (Å²) in [6, 6.07) is 31.3. The lowest BCUT2D eigenvalue weighted by atomic mass is 9.86. The maximum atomic E-state index is 13.7. The topological polar surface area (TPSA) is 338 Å². The minimum atomic E-state index is -3.87. The molecule has 30 heteroatoms. The van der Waals surface area contributed by atoms with Crippen LogP contribution >= 0.6 is 0 Å². The van der Waals surface area contributed by atoms with Crippen molar-refractivity contribution in [3.63, 3.8) is 0 Å². The molecule has 0 saturated carbocycles. The Morgan fingerprint density at radius 2 is 0.981 bits per heavy atom. The highest BCUT2D eigenvalue weighted by Gasteiger charge is 2.28. The molecule has 28 nitrogen and oxygen atoms in total. The van der Waals surface area contributed by atoms with E-state index in [4.69, 9.17) is 53.1 Å². The first kappa shape index (κ1) is 84.8. The highest BCUT2D eigenvalue weighted by Crippen LogP contribution is 2.38. The van der Waals surface area contributed by atoms with E-state index in [2.05, 4.69) is 25.9 Å². The summed E-state index contributed by atoms with van der Waals surface area (Å²) in [7, 11) is 1.99. The smallest absolute Gasteiger partial charge is 0.407 e. The molecule has 0 saturated heterocycles. The van der Waals surface area contributed by atoms with E-state index < -0.39 is 49.5 Å². The van der Waals surface area contributed by atoms with Crippen LogP contribution in [0.5, 0.6) is 23.0 Å². The summed E-state index contributed by atoms with van der Waals surface area (Å²) in [6.45, 7) is 15.8. The number of carboxylic acid groups (broad SMARTS) is 1. The molecule has 564 valence electrons. The first-order valence-corrected chi connectivity index (χ1v) is 35.7. The van der Waals surface area contributed by atoms with Crippen molar-refractivity contribution in [2.24, 2.45) is 19.8 Å². The molecule has 0 aliphatic carbocycles. The average Bonchev–Trinajstić information content (AvgIpc) is 1.78. The van der Waals surface area contributed by atoms with Gasteiger partial charge in [0.05, 0.1) is 96.3 Å². The third-order valence-electron chi connectivity index (χ3n) is 16.0. The van der Waals surface area contributed by atoms with Crippen LogP contribution in [0, 0.1) is 13.8 Å². The monoisotopic (exact) mass is 1470 g/mol. The lowest BCUT2D eigenvalue weighted by Gasteiger charge is -2.22. The summed E-state index contributed by atoms with van der Waals surface area (Å²) in [5.74, 6) is -0.175. The van der Waals surface area contributed by atoms with Crippen molar-refractivity contribution in [1.82, 2.24) is 43.9 Å². The summed E-state index contributed by atoms with van der Waals surface area (Å²) < 4.78 is 115. The Morgan fingerprint density at radius 3 is 1.38 bits per heavy atom. The van der Waals surface area contributed by atoms with Crippen molar-refractivity contribution in [2.75, 3.05) is 114 Å². The van der Waals surface area contributed by atoms with Crippen LogP contribution in [0.4, 0.5) is 4.79 Å². The van der Waals surface area contributed by atoms with Gasteiger partial charge in [-0.05, 0) is 159 Å². The molecule has 4 N–H and O–H groups in total. The minimum absolute atomic E-state index is 0. The number of ether oxygens (including phenoxy) is 10. The molecule has 8 aromatic rings. The van der Waals surface area contributed by atoms with Gasteiger partial charge in [-0.15, -0.1) is 10.2 Å². The molecule has 6 aromatic carbocycles. The summed E-state index contributed by atoms with van der Waals surface area (Å²) in [6.07, 6.45) is -0.616. The second-order valence-corrected chi connectivity index (χ2v) is 28.6. The molecule has 0 aliphatic heterocycles. The average molecular weight is 1470 g/mol. The second kappa shape index (κ2) is 40.3. The van der Waals surface area contributed by atoms with E-state index in [1.165, 1.54) is 54.1 Å². The SMILES string of the molecule is C.C.CCOC(=O)CC(c1ccc(C)c(CN(C)S(=O)(=O)c2ccc(OCCOCCOCCNC(=O)OC(C)(C)C)cc2)c1)c1cc(OC)c2c(c1)nnn2C.COc1cc(C(CC(=O)O)c2ccc(C)c(CN(C)S(=O)(=O)c3ccc(OCCOCCOCCN)cc3)c2)cc2nnn(C)c12. The summed E-state index contributed by atoms with van der Waals surface area (Å²) in [4.78, 5) is 36.7. The number of aryl methyl sites for hydroxylation is 4. The van der Waals surface area contributed by atoms with Crippen LogP contribution in [0.1, 0.15) is 112 Å². The molecule has 2 unspecified atom stereocenters. The number of aromatic nitrogens is 6. The standard InChI is InChI=1S/C39H53N5O10S.C32H41N5O8S.2CH4/c1-9-52-36(45)25-33(29-23-34-37(35(24-29)49-8)44(7)42-41-34)28-11-10-27(2)30(22-28)26-43(6)55(47,48)32-14-12-31(13-15-32)53-21-20-51-19-18-50-17-16-40-38(46)54-39(3,4)5;1-22-5-6-23(28(20-31(38)39)24-18-29-32(30(19-24)42-4)37(3)35-34-29)17-25(22)21-36(2)46(40,41)27-9-7-26(8-10-27)45-16-15-44-14-13-43-12-11-33;;/h10-15,22-24,33H,9,16-21,25-26H2,1-8H3,(H,40,46);5-10,17-19,28H,11-16,20-21,33H2,1-4H3,(H,38,39);2*1H4. The molecule has 0 aliphatic rings. The normalized spacial score (nSPS) is 12.2. The van der Waals surface area contributed by atoms with Crippen LogP contribution in [-0.4, -0.2) is 198 Å². The van der Waals surface area contributed by atoms with Crippen LogP contribution in [0.15, 0.2) is 119 Å². The number of carboxylic acids is 1. The largest absolute Gasteiger partial charge is 0.494 e. The van der Waals surface area contributed by atoms with Crippen LogP contribution < -0.4 is 30.0 Å². The molecule has 0 radical (unpaired) electrons. The summed E-state index contributed by atoms with van der Waals surface area (Å²) >= 11 is 0. The van der Waals surface area contributed by atoms with E-state index >= 15 is 0 Å². The van der Waals surface area contributed by atoms with E-state index in [1.807, 2.05) is 68.4 Å². The van der Waals surface area contributed by atoms with Crippen molar-refractivity contribution in [3.05, 3.63) is 154 Å². The molecule has 1 amide bonds. The molecule has 0 fully saturated rings. The maximum Gasteiger partial charge on any atom is 0.407 e. The first-order valence-electron chi connectivity index (χ1n) is 32.8. The van der Waals surface area contributed by atoms with E-state index in [-0.39, 0.29) is 69.8 Å². The number of amides is 1. The Morgan fingerprint density at radius 1 is 0.573 bits per heavy atom. The Balaban J connectivity index is 0.000000369. The lowest BCUT2D eigenvalue weighted by Crippen LogP contribution is -2.34. The number of benzene rings is 6. The number of hydrogen-bond acceptors (Lipinski definition) is 22. The fraction of sp³-hybridized carbons (Fsp3) is 0.466. The number of alkyl carbamates (subject to hydrolysis) is 1.